The largest absolute Gasteiger partial charge is 0.416 e. The van der Waals surface area contributed by atoms with Crippen molar-refractivity contribution in [1.29, 1.82) is 0 Å². The third-order valence-electron chi connectivity index (χ3n) is 4.12. The Labute approximate surface area is 136 Å². The maximum atomic E-state index is 13.3. The van der Waals surface area contributed by atoms with Gasteiger partial charge < -0.3 is 10.0 Å². The summed E-state index contributed by atoms with van der Waals surface area (Å²) in [6.07, 6.45) is -2.46. The summed E-state index contributed by atoms with van der Waals surface area (Å²) in [6.45, 7) is -0.00934. The first-order valence-electron chi connectivity index (χ1n) is 7.41. The Hall–Kier alpha value is -2.35. The van der Waals surface area contributed by atoms with Crippen LogP contribution in [0.3, 0.4) is 0 Å². The summed E-state index contributed by atoms with van der Waals surface area (Å²) in [5, 5.41) is 13.8. The SMILES string of the molecule is Cn1cc(C(=O)N2C[C@H](O)C[C@H]2c2ccccc2C(F)(F)F)cn1. The van der Waals surface area contributed by atoms with Crippen LogP contribution in [0.1, 0.15) is 33.9 Å². The van der Waals surface area contributed by atoms with Gasteiger partial charge in [0, 0.05) is 19.8 Å². The number of carbonyl (C=O) groups excluding carboxylic acids is 1. The van der Waals surface area contributed by atoms with Gasteiger partial charge in [-0.3, -0.25) is 9.48 Å². The van der Waals surface area contributed by atoms with Crippen molar-refractivity contribution in [3.8, 4) is 0 Å². The molecule has 1 fully saturated rings. The van der Waals surface area contributed by atoms with Gasteiger partial charge in [-0.25, -0.2) is 0 Å². The number of carbonyl (C=O) groups is 1. The second-order valence-electron chi connectivity index (χ2n) is 5.85. The van der Waals surface area contributed by atoms with E-state index < -0.39 is 29.8 Å². The summed E-state index contributed by atoms with van der Waals surface area (Å²) in [5.41, 5.74) is -0.507. The fourth-order valence-corrected chi connectivity index (χ4v) is 3.08. The van der Waals surface area contributed by atoms with E-state index in [-0.39, 0.29) is 24.1 Å². The summed E-state index contributed by atoms with van der Waals surface area (Å²) >= 11 is 0. The molecule has 0 radical (unpaired) electrons. The van der Waals surface area contributed by atoms with Gasteiger partial charge in [-0.15, -0.1) is 0 Å². The van der Waals surface area contributed by atoms with Crippen molar-refractivity contribution < 1.29 is 23.1 Å². The number of alkyl halides is 3. The Morgan fingerprint density at radius 3 is 2.67 bits per heavy atom. The molecule has 5 nitrogen and oxygen atoms in total. The van der Waals surface area contributed by atoms with Gasteiger partial charge in [0.1, 0.15) is 0 Å². The third-order valence-corrected chi connectivity index (χ3v) is 4.12. The van der Waals surface area contributed by atoms with E-state index in [1.807, 2.05) is 0 Å². The molecule has 24 heavy (non-hydrogen) atoms. The van der Waals surface area contributed by atoms with E-state index in [1.54, 1.807) is 7.05 Å². The van der Waals surface area contributed by atoms with Gasteiger partial charge >= 0.3 is 6.18 Å². The zero-order chi connectivity index (χ0) is 17.5. The Morgan fingerprint density at radius 1 is 1.33 bits per heavy atom. The number of likely N-dealkylation sites (tertiary alicyclic amines) is 1. The zero-order valence-corrected chi connectivity index (χ0v) is 12.9. The Bertz CT molecular complexity index is 757. The zero-order valence-electron chi connectivity index (χ0n) is 12.9. The molecule has 1 aromatic carbocycles. The molecule has 0 spiro atoms. The van der Waals surface area contributed by atoms with Crippen LogP contribution in [-0.4, -0.2) is 38.3 Å². The van der Waals surface area contributed by atoms with E-state index in [9.17, 15) is 23.1 Å². The average molecular weight is 339 g/mol. The number of amides is 1. The summed E-state index contributed by atoms with van der Waals surface area (Å²) in [6, 6.07) is 4.33. The summed E-state index contributed by atoms with van der Waals surface area (Å²) in [5.74, 6) is -0.443. The first-order valence-corrected chi connectivity index (χ1v) is 7.41. The third kappa shape index (κ3) is 3.01. The molecule has 0 saturated carbocycles. The van der Waals surface area contributed by atoms with Crippen LogP contribution in [0, 0.1) is 0 Å². The van der Waals surface area contributed by atoms with E-state index in [0.29, 0.717) is 0 Å². The normalized spacial score (nSPS) is 21.3. The minimum absolute atomic E-state index is 0.00112. The van der Waals surface area contributed by atoms with E-state index in [2.05, 4.69) is 5.10 Å². The lowest BCUT2D eigenvalue weighted by Gasteiger charge is -2.26. The summed E-state index contributed by atoms with van der Waals surface area (Å²) in [4.78, 5) is 13.9. The van der Waals surface area contributed by atoms with Crippen molar-refractivity contribution in [2.75, 3.05) is 6.54 Å². The fraction of sp³-hybridized carbons (Fsp3) is 0.375. The van der Waals surface area contributed by atoms with E-state index in [0.717, 1.165) is 6.07 Å². The first kappa shape index (κ1) is 16.5. The van der Waals surface area contributed by atoms with Gasteiger partial charge in [-0.05, 0) is 18.1 Å². The molecule has 1 saturated heterocycles. The molecule has 128 valence electrons. The van der Waals surface area contributed by atoms with Crippen LogP contribution >= 0.6 is 0 Å². The lowest BCUT2D eigenvalue weighted by atomic mass is 9.97. The number of nitrogens with zero attached hydrogens (tertiary/aromatic N) is 3. The summed E-state index contributed by atoms with van der Waals surface area (Å²) < 4.78 is 41.3. The number of rotatable bonds is 2. The van der Waals surface area contributed by atoms with Crippen molar-refractivity contribution in [1.82, 2.24) is 14.7 Å². The van der Waals surface area contributed by atoms with Gasteiger partial charge in [0.2, 0.25) is 0 Å². The number of hydrogen-bond acceptors (Lipinski definition) is 3. The predicted octanol–water partition coefficient (Wildman–Crippen LogP) is 2.39. The number of aromatic nitrogens is 2. The van der Waals surface area contributed by atoms with Crippen molar-refractivity contribution >= 4 is 5.91 Å². The van der Waals surface area contributed by atoms with Crippen LogP contribution in [0.4, 0.5) is 13.2 Å². The lowest BCUT2D eigenvalue weighted by Crippen LogP contribution is -2.32. The molecule has 1 aliphatic rings. The average Bonchev–Trinajstić information content (AvgIpc) is 3.12. The molecule has 1 amide bonds. The van der Waals surface area contributed by atoms with Crippen molar-refractivity contribution in [3.63, 3.8) is 0 Å². The van der Waals surface area contributed by atoms with Gasteiger partial charge in [-0.2, -0.15) is 18.3 Å². The van der Waals surface area contributed by atoms with Crippen LogP contribution in [-0.2, 0) is 13.2 Å². The van der Waals surface area contributed by atoms with Crippen LogP contribution in [0.2, 0.25) is 0 Å². The minimum atomic E-state index is -4.52. The Morgan fingerprint density at radius 2 is 2.04 bits per heavy atom. The van der Waals surface area contributed by atoms with Crippen LogP contribution in [0.15, 0.2) is 36.7 Å². The van der Waals surface area contributed by atoms with Crippen LogP contribution in [0.25, 0.3) is 0 Å². The number of aryl methyl sites for hydroxylation is 1. The predicted molar refractivity (Wildman–Crippen MR) is 79.1 cm³/mol. The second-order valence-corrected chi connectivity index (χ2v) is 5.85. The molecular weight excluding hydrogens is 323 g/mol. The lowest BCUT2D eigenvalue weighted by molar-refractivity contribution is -0.138. The molecule has 8 heteroatoms. The van der Waals surface area contributed by atoms with Crippen LogP contribution in [0.5, 0.6) is 0 Å². The highest BCUT2D eigenvalue weighted by Crippen LogP contribution is 2.40. The number of β-amino-alcohol motifs (C(OH)–C–C–N with tert-alkyl or cyclic N) is 1. The highest BCUT2D eigenvalue weighted by Gasteiger charge is 2.41. The number of benzene rings is 1. The van der Waals surface area contributed by atoms with E-state index >= 15 is 0 Å². The molecule has 1 aliphatic heterocycles. The highest BCUT2D eigenvalue weighted by atomic mass is 19.4. The minimum Gasteiger partial charge on any atom is -0.391 e. The molecule has 2 heterocycles. The molecule has 0 unspecified atom stereocenters. The maximum Gasteiger partial charge on any atom is 0.416 e. The fourth-order valence-electron chi connectivity index (χ4n) is 3.08. The molecular formula is C16H16F3N3O2. The highest BCUT2D eigenvalue weighted by molar-refractivity contribution is 5.94. The molecule has 0 bridgehead atoms. The van der Waals surface area contributed by atoms with E-state index in [1.165, 1.54) is 40.2 Å². The first-order chi connectivity index (χ1) is 11.3. The number of hydrogen-bond donors (Lipinski definition) is 1. The van der Waals surface area contributed by atoms with Gasteiger partial charge in [0.25, 0.3) is 5.91 Å². The Balaban J connectivity index is 1.99. The molecule has 1 N–H and O–H groups in total. The monoisotopic (exact) mass is 339 g/mol. The maximum absolute atomic E-state index is 13.3. The smallest absolute Gasteiger partial charge is 0.391 e. The number of halogens is 3. The molecule has 0 aliphatic carbocycles. The molecule has 2 aromatic rings. The Kier molecular flexibility index (Phi) is 4.08. The molecule has 1 aromatic heterocycles. The topological polar surface area (TPSA) is 58.4 Å². The summed E-state index contributed by atoms with van der Waals surface area (Å²) in [7, 11) is 1.64. The van der Waals surface area contributed by atoms with Crippen molar-refractivity contribution in [3.05, 3.63) is 53.3 Å². The van der Waals surface area contributed by atoms with Crippen molar-refractivity contribution in [2.24, 2.45) is 7.05 Å². The number of aliphatic hydroxyl groups is 1. The number of aliphatic hydroxyl groups excluding tert-OH is 1. The quantitative estimate of drug-likeness (QED) is 0.914. The molecule has 2 atom stereocenters. The van der Waals surface area contributed by atoms with Gasteiger partial charge in [0.05, 0.1) is 29.5 Å². The second kappa shape index (κ2) is 5.94. The standard InChI is InChI=1S/C16H16F3N3O2/c1-21-8-10(7-20-21)15(24)22-9-11(23)6-14(22)12-4-2-3-5-13(12)16(17,18)19/h2-5,7-8,11,14,23H,6,9H2,1H3/t11-,14+/m1/s1. The van der Waals surface area contributed by atoms with Gasteiger partial charge in [0.15, 0.2) is 0 Å². The van der Waals surface area contributed by atoms with Gasteiger partial charge in [-0.1, -0.05) is 18.2 Å². The molecule has 3 rings (SSSR count). The van der Waals surface area contributed by atoms with Crippen LogP contribution < -0.4 is 0 Å². The van der Waals surface area contributed by atoms with E-state index in [4.69, 9.17) is 0 Å². The van der Waals surface area contributed by atoms with Crippen molar-refractivity contribution in [2.45, 2.75) is 24.7 Å².